The Morgan fingerprint density at radius 2 is 1.41 bits per heavy atom. The third-order valence-corrected chi connectivity index (χ3v) is 7.90. The van der Waals surface area contributed by atoms with Crippen LogP contribution in [-0.4, -0.2) is 21.3 Å². The molecule has 1 aliphatic heterocycles. The zero-order valence-electron chi connectivity index (χ0n) is 23.8. The summed E-state index contributed by atoms with van der Waals surface area (Å²) in [6.45, 7) is 1.22. The van der Waals surface area contributed by atoms with Crippen LogP contribution in [0.15, 0.2) is 119 Å². The number of benzene rings is 4. The van der Waals surface area contributed by atoms with E-state index in [0.29, 0.717) is 53.3 Å². The van der Waals surface area contributed by atoms with Crippen LogP contribution in [0.25, 0.3) is 21.8 Å². The predicted octanol–water partition coefficient (Wildman–Crippen LogP) is 5.81. The van der Waals surface area contributed by atoms with Gasteiger partial charge in [0.1, 0.15) is 30.8 Å². The van der Waals surface area contributed by atoms with Gasteiger partial charge < -0.3 is 28.9 Å². The normalized spacial score (nSPS) is 14.9. The summed E-state index contributed by atoms with van der Waals surface area (Å²) in [5.41, 5.74) is 4.04. The molecule has 0 bridgehead atoms. The van der Waals surface area contributed by atoms with Gasteiger partial charge in [-0.25, -0.2) is 0 Å². The first kappa shape index (κ1) is 27.6. The second-order valence-corrected chi connectivity index (χ2v) is 10.8. The Hall–Kier alpha value is -5.18. The van der Waals surface area contributed by atoms with E-state index in [9.17, 15) is 14.7 Å². The SMILES string of the molecule is O=c1ccc2c([C@@H](O)Cn3c(=O)ccc4c([C@@H]5CO5)ccc(OCc5ccccc5)c43)ccc(OCc3ccccc3)c2[nH]1. The standard InChI is InChI=1S/C36H30N2O6/c39-29(25-11-15-30(35-27(25)13-17-33(40)37-35)42-20-23-7-3-1-4-8-23)19-38-34(41)18-14-28-26(32-22-44-32)12-16-31(36(28)38)43-21-24-9-5-2-6-10-24/h1-18,29,32,39H,19-22H2,(H,37,40)/t29-,32-/m0/s1. The van der Waals surface area contributed by atoms with E-state index in [2.05, 4.69) is 4.98 Å². The maximum atomic E-state index is 13.4. The summed E-state index contributed by atoms with van der Waals surface area (Å²) < 4.78 is 19.5. The number of rotatable bonds is 10. The van der Waals surface area contributed by atoms with Crippen LogP contribution in [0, 0.1) is 0 Å². The quantitative estimate of drug-likeness (QED) is 0.197. The molecule has 0 aliphatic carbocycles. The van der Waals surface area contributed by atoms with Gasteiger partial charge >= 0.3 is 0 Å². The molecule has 0 unspecified atom stereocenters. The number of aromatic amines is 1. The van der Waals surface area contributed by atoms with E-state index in [0.717, 1.165) is 22.1 Å². The third-order valence-electron chi connectivity index (χ3n) is 7.90. The van der Waals surface area contributed by atoms with Crippen molar-refractivity contribution in [2.45, 2.75) is 32.0 Å². The number of ether oxygens (including phenoxy) is 3. The van der Waals surface area contributed by atoms with Gasteiger partial charge in [0.25, 0.3) is 5.56 Å². The van der Waals surface area contributed by atoms with E-state index in [4.69, 9.17) is 14.2 Å². The second-order valence-electron chi connectivity index (χ2n) is 10.8. The Labute approximate surface area is 252 Å². The summed E-state index contributed by atoms with van der Waals surface area (Å²) in [7, 11) is 0. The van der Waals surface area contributed by atoms with Crippen molar-refractivity contribution in [1.29, 1.82) is 0 Å². The smallest absolute Gasteiger partial charge is 0.251 e. The van der Waals surface area contributed by atoms with E-state index in [1.165, 1.54) is 12.1 Å². The highest BCUT2D eigenvalue weighted by molar-refractivity contribution is 5.89. The molecule has 8 heteroatoms. The maximum Gasteiger partial charge on any atom is 0.251 e. The number of fused-ring (bicyclic) bond motifs is 2. The van der Waals surface area contributed by atoms with Crippen molar-refractivity contribution < 1.29 is 19.3 Å². The minimum absolute atomic E-state index is 0.0364. The highest BCUT2D eigenvalue weighted by atomic mass is 16.6. The van der Waals surface area contributed by atoms with Crippen LogP contribution in [-0.2, 0) is 24.5 Å². The minimum atomic E-state index is -1.09. The first-order chi connectivity index (χ1) is 21.5. The highest BCUT2D eigenvalue weighted by Gasteiger charge is 2.28. The molecule has 0 spiro atoms. The van der Waals surface area contributed by atoms with E-state index >= 15 is 0 Å². The van der Waals surface area contributed by atoms with Gasteiger partial charge in [-0.2, -0.15) is 0 Å². The Kier molecular flexibility index (Phi) is 7.43. The van der Waals surface area contributed by atoms with Gasteiger partial charge in [-0.3, -0.25) is 9.59 Å². The molecule has 1 aliphatic rings. The van der Waals surface area contributed by atoms with Gasteiger partial charge in [-0.15, -0.1) is 0 Å². The van der Waals surface area contributed by atoms with Crippen molar-refractivity contribution in [3.63, 3.8) is 0 Å². The maximum absolute atomic E-state index is 13.4. The van der Waals surface area contributed by atoms with Gasteiger partial charge in [-0.1, -0.05) is 72.8 Å². The molecular formula is C36H30N2O6. The lowest BCUT2D eigenvalue weighted by Gasteiger charge is -2.20. The molecule has 1 fully saturated rings. The molecule has 44 heavy (non-hydrogen) atoms. The number of epoxide rings is 1. The topological polar surface area (TPSA) is 106 Å². The molecule has 2 atom stereocenters. The van der Waals surface area contributed by atoms with Crippen LogP contribution in [0.5, 0.6) is 11.5 Å². The van der Waals surface area contributed by atoms with Crippen LogP contribution < -0.4 is 20.6 Å². The van der Waals surface area contributed by atoms with Crippen LogP contribution in [0.1, 0.15) is 34.5 Å². The molecule has 2 N–H and O–H groups in total. The Morgan fingerprint density at radius 1 is 0.773 bits per heavy atom. The molecule has 3 heterocycles. The van der Waals surface area contributed by atoms with Crippen molar-refractivity contribution in [1.82, 2.24) is 9.55 Å². The lowest BCUT2D eigenvalue weighted by atomic mass is 10.0. The first-order valence-electron chi connectivity index (χ1n) is 14.5. The molecule has 0 saturated carbocycles. The summed E-state index contributed by atoms with van der Waals surface area (Å²) in [6, 6.07) is 33.3. The molecule has 8 nitrogen and oxygen atoms in total. The van der Waals surface area contributed by atoms with E-state index in [-0.39, 0.29) is 23.8 Å². The van der Waals surface area contributed by atoms with Crippen molar-refractivity contribution in [2.75, 3.05) is 6.61 Å². The molecule has 4 aromatic carbocycles. The average Bonchev–Trinajstić information content (AvgIpc) is 3.90. The Balaban J connectivity index is 1.26. The molecule has 6 aromatic rings. The number of hydrogen-bond donors (Lipinski definition) is 2. The van der Waals surface area contributed by atoms with Crippen LogP contribution in [0.4, 0.5) is 0 Å². The van der Waals surface area contributed by atoms with Gasteiger partial charge in [0.15, 0.2) is 0 Å². The zero-order chi connectivity index (χ0) is 30.0. The average molecular weight is 587 g/mol. The van der Waals surface area contributed by atoms with Gasteiger partial charge in [0, 0.05) is 22.9 Å². The number of pyridine rings is 2. The summed E-state index contributed by atoms with van der Waals surface area (Å²) in [4.78, 5) is 28.6. The number of H-pyrrole nitrogens is 1. The van der Waals surface area contributed by atoms with E-state index in [1.54, 1.807) is 28.8 Å². The van der Waals surface area contributed by atoms with E-state index in [1.807, 2.05) is 72.8 Å². The Morgan fingerprint density at radius 3 is 2.09 bits per heavy atom. The molecule has 7 rings (SSSR count). The first-order valence-corrected chi connectivity index (χ1v) is 14.5. The fourth-order valence-corrected chi connectivity index (χ4v) is 5.62. The molecule has 0 amide bonds. The molecule has 220 valence electrons. The monoisotopic (exact) mass is 586 g/mol. The zero-order valence-corrected chi connectivity index (χ0v) is 23.8. The summed E-state index contributed by atoms with van der Waals surface area (Å²) in [6.07, 6.45) is -1.13. The number of nitrogens with one attached hydrogen (secondary N) is 1. The second kappa shape index (κ2) is 11.8. The number of aromatic nitrogens is 2. The summed E-state index contributed by atoms with van der Waals surface area (Å²) >= 11 is 0. The fourth-order valence-electron chi connectivity index (χ4n) is 5.62. The van der Waals surface area contributed by atoms with Crippen LogP contribution >= 0.6 is 0 Å². The molecule has 0 radical (unpaired) electrons. The lowest BCUT2D eigenvalue weighted by Crippen LogP contribution is -2.24. The molecular weight excluding hydrogens is 556 g/mol. The van der Waals surface area contributed by atoms with Crippen molar-refractivity contribution in [2.24, 2.45) is 0 Å². The van der Waals surface area contributed by atoms with Crippen molar-refractivity contribution >= 4 is 21.8 Å². The number of nitrogens with zero attached hydrogens (tertiary/aromatic N) is 1. The van der Waals surface area contributed by atoms with E-state index < -0.39 is 6.10 Å². The number of aliphatic hydroxyl groups excluding tert-OH is 1. The van der Waals surface area contributed by atoms with Crippen molar-refractivity contribution in [3.8, 4) is 11.5 Å². The lowest BCUT2D eigenvalue weighted by molar-refractivity contribution is 0.158. The summed E-state index contributed by atoms with van der Waals surface area (Å²) in [5.74, 6) is 1.03. The predicted molar refractivity (Wildman–Crippen MR) is 168 cm³/mol. The number of aliphatic hydroxyl groups is 1. The fraction of sp³-hybridized carbons (Fsp3) is 0.167. The molecule has 2 aromatic heterocycles. The highest BCUT2D eigenvalue weighted by Crippen LogP contribution is 2.39. The van der Waals surface area contributed by atoms with Crippen LogP contribution in [0.3, 0.4) is 0 Å². The van der Waals surface area contributed by atoms with Crippen molar-refractivity contribution in [3.05, 3.63) is 152 Å². The number of hydrogen-bond acceptors (Lipinski definition) is 6. The minimum Gasteiger partial charge on any atom is -0.487 e. The third kappa shape index (κ3) is 5.60. The van der Waals surface area contributed by atoms with Gasteiger partial charge in [0.2, 0.25) is 5.56 Å². The van der Waals surface area contributed by atoms with Crippen LogP contribution in [0.2, 0.25) is 0 Å². The van der Waals surface area contributed by atoms with Gasteiger partial charge in [0.05, 0.1) is 30.3 Å². The largest absolute Gasteiger partial charge is 0.487 e. The van der Waals surface area contributed by atoms with Gasteiger partial charge in [-0.05, 0) is 46.5 Å². The summed E-state index contributed by atoms with van der Waals surface area (Å²) in [5, 5.41) is 13.1. The Bertz CT molecular complexity index is 2070. The molecule has 1 saturated heterocycles.